The van der Waals surface area contributed by atoms with Crippen LogP contribution >= 0.6 is 0 Å². The molecule has 1 heteroatoms. The van der Waals surface area contributed by atoms with Gasteiger partial charge in [0.25, 0.3) is 0 Å². The molecule has 20 heavy (non-hydrogen) atoms. The molecular weight excluding hydrogens is 244 g/mol. The zero-order valence-corrected chi connectivity index (χ0v) is 12.0. The third-order valence-electron chi connectivity index (χ3n) is 3.16. The largest absolute Gasteiger partial charge is 0.298 e. The zero-order valence-electron chi connectivity index (χ0n) is 12.0. The number of benzene rings is 2. The number of hydrogen-bond acceptors (Lipinski definition) is 1. The van der Waals surface area contributed by atoms with E-state index in [0.29, 0.717) is 11.5 Å². The van der Waals surface area contributed by atoms with Crippen LogP contribution in [0.3, 0.4) is 0 Å². The summed E-state index contributed by atoms with van der Waals surface area (Å²) in [6, 6.07) is 16.2. The molecule has 0 aromatic heterocycles. The fourth-order valence-electron chi connectivity index (χ4n) is 2.11. The first-order chi connectivity index (χ1) is 9.67. The highest BCUT2D eigenvalue weighted by molar-refractivity contribution is 5.76. The summed E-state index contributed by atoms with van der Waals surface area (Å²) in [5.41, 5.74) is 4.38. The Bertz CT molecular complexity index is 574. The van der Waals surface area contributed by atoms with Crippen molar-refractivity contribution in [2.45, 2.75) is 20.3 Å². The quantitative estimate of drug-likeness (QED) is 0.556. The molecule has 0 heterocycles. The van der Waals surface area contributed by atoms with Gasteiger partial charge in [-0.1, -0.05) is 74.5 Å². The monoisotopic (exact) mass is 264 g/mol. The van der Waals surface area contributed by atoms with E-state index in [-0.39, 0.29) is 0 Å². The maximum Gasteiger partial charge on any atom is 0.150 e. The summed E-state index contributed by atoms with van der Waals surface area (Å²) in [7, 11) is 0. The number of carbonyl (C=O) groups is 1. The van der Waals surface area contributed by atoms with Gasteiger partial charge in [-0.15, -0.1) is 0 Å². The fraction of sp³-hybridized carbons (Fsp3) is 0.211. The number of aldehydes is 1. The van der Waals surface area contributed by atoms with Crippen molar-refractivity contribution < 1.29 is 4.79 Å². The van der Waals surface area contributed by atoms with Crippen molar-refractivity contribution in [3.05, 3.63) is 70.8 Å². The first-order valence-electron chi connectivity index (χ1n) is 6.99. The SMILES string of the molecule is CC(C)Cc1ccc(/C=C/c2ccc(C=O)cc2)cc1. The molecule has 0 aliphatic heterocycles. The third-order valence-corrected chi connectivity index (χ3v) is 3.16. The molecule has 0 saturated carbocycles. The third kappa shape index (κ3) is 4.20. The predicted octanol–water partition coefficient (Wildman–Crippen LogP) is 4.87. The Balaban J connectivity index is 2.04. The second-order valence-electron chi connectivity index (χ2n) is 5.46. The van der Waals surface area contributed by atoms with Crippen LogP contribution in [0.25, 0.3) is 12.2 Å². The van der Waals surface area contributed by atoms with Gasteiger partial charge in [0.05, 0.1) is 0 Å². The molecule has 0 spiro atoms. The predicted molar refractivity (Wildman–Crippen MR) is 85.7 cm³/mol. The topological polar surface area (TPSA) is 17.1 Å². The lowest BCUT2D eigenvalue weighted by Gasteiger charge is -2.04. The minimum atomic E-state index is 0.688. The summed E-state index contributed by atoms with van der Waals surface area (Å²) in [5, 5.41) is 0. The van der Waals surface area contributed by atoms with Gasteiger partial charge in [-0.3, -0.25) is 4.79 Å². The molecular formula is C19H20O. The van der Waals surface area contributed by atoms with Gasteiger partial charge >= 0.3 is 0 Å². The number of rotatable bonds is 5. The molecule has 102 valence electrons. The second kappa shape index (κ2) is 6.85. The minimum Gasteiger partial charge on any atom is -0.298 e. The van der Waals surface area contributed by atoms with Crippen LogP contribution in [0.4, 0.5) is 0 Å². The Morgan fingerprint density at radius 2 is 1.25 bits per heavy atom. The van der Waals surface area contributed by atoms with Crippen molar-refractivity contribution in [1.29, 1.82) is 0 Å². The van der Waals surface area contributed by atoms with Crippen LogP contribution in [0, 0.1) is 5.92 Å². The van der Waals surface area contributed by atoms with Crippen molar-refractivity contribution >= 4 is 18.4 Å². The van der Waals surface area contributed by atoms with Gasteiger partial charge in [0.2, 0.25) is 0 Å². The van der Waals surface area contributed by atoms with Gasteiger partial charge < -0.3 is 0 Å². The number of hydrogen-bond donors (Lipinski definition) is 0. The molecule has 0 saturated heterocycles. The summed E-state index contributed by atoms with van der Waals surface area (Å²) >= 11 is 0. The van der Waals surface area contributed by atoms with Gasteiger partial charge in [0.15, 0.2) is 0 Å². The van der Waals surface area contributed by atoms with Crippen molar-refractivity contribution in [3.8, 4) is 0 Å². The van der Waals surface area contributed by atoms with E-state index >= 15 is 0 Å². The lowest BCUT2D eigenvalue weighted by Crippen LogP contribution is -1.93. The average Bonchev–Trinajstić information content (AvgIpc) is 2.46. The molecule has 1 nitrogen and oxygen atoms in total. The molecule has 0 N–H and O–H groups in total. The van der Waals surface area contributed by atoms with Crippen molar-refractivity contribution in [1.82, 2.24) is 0 Å². The van der Waals surface area contributed by atoms with Gasteiger partial charge in [-0.25, -0.2) is 0 Å². The maximum atomic E-state index is 10.6. The summed E-state index contributed by atoms with van der Waals surface area (Å²) in [5.74, 6) is 0.688. The highest BCUT2D eigenvalue weighted by Gasteiger charge is 1.97. The van der Waals surface area contributed by atoms with E-state index in [0.717, 1.165) is 18.3 Å². The van der Waals surface area contributed by atoms with Gasteiger partial charge in [-0.2, -0.15) is 0 Å². The molecule has 0 fully saturated rings. The van der Waals surface area contributed by atoms with E-state index in [1.165, 1.54) is 11.1 Å². The van der Waals surface area contributed by atoms with E-state index in [1.807, 2.05) is 24.3 Å². The minimum absolute atomic E-state index is 0.688. The van der Waals surface area contributed by atoms with Gasteiger partial charge in [0, 0.05) is 5.56 Å². The van der Waals surface area contributed by atoms with Crippen molar-refractivity contribution in [2.75, 3.05) is 0 Å². The normalized spacial score (nSPS) is 11.2. The van der Waals surface area contributed by atoms with Crippen LogP contribution < -0.4 is 0 Å². The highest BCUT2D eigenvalue weighted by Crippen LogP contribution is 2.13. The average molecular weight is 264 g/mol. The molecule has 0 amide bonds. The fourth-order valence-corrected chi connectivity index (χ4v) is 2.11. The first kappa shape index (κ1) is 14.3. The Kier molecular flexibility index (Phi) is 4.89. The standard InChI is InChI=1S/C19H20O/c1-15(2)13-18-9-5-16(6-10-18)3-4-17-7-11-19(14-20)12-8-17/h3-12,14-15H,13H2,1-2H3/b4-3+. The lowest BCUT2D eigenvalue weighted by molar-refractivity contribution is 0.112. The summed E-state index contributed by atoms with van der Waals surface area (Å²) in [6.07, 6.45) is 6.14. The molecule has 2 aromatic carbocycles. The summed E-state index contributed by atoms with van der Waals surface area (Å²) < 4.78 is 0. The Labute approximate surface area is 121 Å². The van der Waals surface area contributed by atoms with E-state index in [4.69, 9.17) is 0 Å². The van der Waals surface area contributed by atoms with Crippen LogP contribution in [-0.4, -0.2) is 6.29 Å². The Morgan fingerprint density at radius 3 is 1.70 bits per heavy atom. The maximum absolute atomic E-state index is 10.6. The van der Waals surface area contributed by atoms with Crippen LogP contribution in [0.2, 0.25) is 0 Å². The highest BCUT2D eigenvalue weighted by atomic mass is 16.1. The Morgan fingerprint density at radius 1 is 0.800 bits per heavy atom. The second-order valence-corrected chi connectivity index (χ2v) is 5.46. The van der Waals surface area contributed by atoms with Crippen LogP contribution in [0.15, 0.2) is 48.5 Å². The zero-order chi connectivity index (χ0) is 14.4. The van der Waals surface area contributed by atoms with Crippen LogP contribution in [-0.2, 0) is 6.42 Å². The van der Waals surface area contributed by atoms with Gasteiger partial charge in [0.1, 0.15) is 6.29 Å². The molecule has 2 aromatic rings. The van der Waals surface area contributed by atoms with Gasteiger partial charge in [-0.05, 0) is 29.0 Å². The molecule has 0 unspecified atom stereocenters. The molecule has 0 radical (unpaired) electrons. The lowest BCUT2D eigenvalue weighted by atomic mass is 10.0. The van der Waals surface area contributed by atoms with E-state index in [9.17, 15) is 4.79 Å². The summed E-state index contributed by atoms with van der Waals surface area (Å²) in [6.45, 7) is 4.47. The van der Waals surface area contributed by atoms with Crippen molar-refractivity contribution in [2.24, 2.45) is 5.92 Å². The molecule has 0 bridgehead atoms. The van der Waals surface area contributed by atoms with Crippen LogP contribution in [0.5, 0.6) is 0 Å². The molecule has 2 rings (SSSR count). The van der Waals surface area contributed by atoms with E-state index in [2.05, 4.69) is 50.3 Å². The molecule has 0 aliphatic rings. The van der Waals surface area contributed by atoms with E-state index in [1.54, 1.807) is 0 Å². The molecule has 0 aliphatic carbocycles. The first-order valence-corrected chi connectivity index (χ1v) is 6.99. The number of carbonyl (C=O) groups excluding carboxylic acids is 1. The molecule has 0 atom stereocenters. The summed E-state index contributed by atoms with van der Waals surface area (Å²) in [4.78, 5) is 10.6. The van der Waals surface area contributed by atoms with Crippen LogP contribution in [0.1, 0.15) is 40.9 Å². The smallest absolute Gasteiger partial charge is 0.150 e. The van der Waals surface area contributed by atoms with Crippen molar-refractivity contribution in [3.63, 3.8) is 0 Å². The van der Waals surface area contributed by atoms with E-state index < -0.39 is 0 Å². The Hall–Kier alpha value is -2.15.